The number of rotatable bonds is 5. The Hall–Kier alpha value is -3.32. The molecule has 3 N–H and O–H groups in total. The second kappa shape index (κ2) is 7.13. The zero-order valence-electron chi connectivity index (χ0n) is 14.2. The molecular weight excluding hydrogens is 364 g/mol. The molecule has 0 atom stereocenters. The molecule has 136 valence electrons. The van der Waals surface area contributed by atoms with Gasteiger partial charge in [-0.15, -0.1) is 11.3 Å². The molecule has 7 heteroatoms. The van der Waals surface area contributed by atoms with Crippen molar-refractivity contribution in [2.75, 3.05) is 6.54 Å². The van der Waals surface area contributed by atoms with E-state index in [9.17, 15) is 15.0 Å². The van der Waals surface area contributed by atoms with E-state index in [1.165, 1.54) is 23.5 Å². The van der Waals surface area contributed by atoms with Crippen LogP contribution in [0.3, 0.4) is 0 Å². The summed E-state index contributed by atoms with van der Waals surface area (Å²) >= 11 is 1.51. The second-order valence-corrected chi connectivity index (χ2v) is 7.01. The summed E-state index contributed by atoms with van der Waals surface area (Å²) in [7, 11) is 0. The number of aromatic nitrogens is 1. The molecule has 2 aromatic heterocycles. The summed E-state index contributed by atoms with van der Waals surface area (Å²) in [6, 6.07) is 15.8. The molecule has 0 bridgehead atoms. The second-order valence-electron chi connectivity index (χ2n) is 5.98. The Morgan fingerprint density at radius 3 is 2.74 bits per heavy atom. The number of phenols is 2. The van der Waals surface area contributed by atoms with Crippen LogP contribution in [0.2, 0.25) is 0 Å². The third kappa shape index (κ3) is 3.63. The number of carbonyl (C=O) groups is 1. The van der Waals surface area contributed by atoms with Gasteiger partial charge in [0.15, 0.2) is 28.0 Å². The number of hydrogen-bond donors (Lipinski definition) is 3. The SMILES string of the molecule is O=C(NCCc1ccc(O)c(O)c1)c1ccc(-c2nc3ccccc3s2)o1. The minimum absolute atomic E-state index is 0.166. The fourth-order valence-corrected chi connectivity index (χ4v) is 3.61. The van der Waals surface area contributed by atoms with Crippen molar-refractivity contribution >= 4 is 27.5 Å². The Balaban J connectivity index is 1.40. The van der Waals surface area contributed by atoms with Gasteiger partial charge < -0.3 is 19.9 Å². The summed E-state index contributed by atoms with van der Waals surface area (Å²) in [5.41, 5.74) is 1.71. The number of hydrogen-bond acceptors (Lipinski definition) is 6. The number of phenolic OH excluding ortho intramolecular Hbond substituents is 2. The van der Waals surface area contributed by atoms with E-state index in [-0.39, 0.29) is 23.2 Å². The number of thiazole rings is 1. The molecule has 0 saturated heterocycles. The molecule has 27 heavy (non-hydrogen) atoms. The lowest BCUT2D eigenvalue weighted by molar-refractivity contribution is 0.0927. The lowest BCUT2D eigenvalue weighted by atomic mass is 10.1. The molecule has 0 spiro atoms. The average molecular weight is 380 g/mol. The van der Waals surface area contributed by atoms with E-state index in [0.717, 1.165) is 20.8 Å². The normalized spacial score (nSPS) is 11.0. The van der Waals surface area contributed by atoms with Gasteiger partial charge in [0.25, 0.3) is 5.91 Å². The first-order valence-electron chi connectivity index (χ1n) is 8.35. The Bertz CT molecular complexity index is 1080. The lowest BCUT2D eigenvalue weighted by Gasteiger charge is -2.05. The Morgan fingerprint density at radius 1 is 1.07 bits per heavy atom. The molecule has 4 aromatic rings. The van der Waals surface area contributed by atoms with Crippen LogP contribution in [-0.4, -0.2) is 27.6 Å². The number of amides is 1. The molecule has 4 rings (SSSR count). The number of nitrogens with one attached hydrogen (secondary N) is 1. The fraction of sp³-hybridized carbons (Fsp3) is 0.100. The summed E-state index contributed by atoms with van der Waals surface area (Å²) in [4.78, 5) is 16.8. The summed E-state index contributed by atoms with van der Waals surface area (Å²) in [5.74, 6) is 0.124. The first-order valence-corrected chi connectivity index (χ1v) is 9.16. The van der Waals surface area contributed by atoms with Crippen molar-refractivity contribution in [2.24, 2.45) is 0 Å². The van der Waals surface area contributed by atoms with E-state index in [4.69, 9.17) is 4.42 Å². The monoisotopic (exact) mass is 380 g/mol. The standard InChI is InChI=1S/C20H16N2O4S/c23-14-6-5-12(11-15(14)24)9-10-21-19(25)16-7-8-17(26-16)20-22-13-3-1-2-4-18(13)27-20/h1-8,11,23-24H,9-10H2,(H,21,25). The van der Waals surface area contributed by atoms with Crippen LogP contribution in [0.25, 0.3) is 21.0 Å². The van der Waals surface area contributed by atoms with Crippen LogP contribution in [0, 0.1) is 0 Å². The topological polar surface area (TPSA) is 95.6 Å². The summed E-state index contributed by atoms with van der Waals surface area (Å²) in [5, 5.41) is 22.3. The quantitative estimate of drug-likeness (QED) is 0.456. The molecule has 0 unspecified atom stereocenters. The number of nitrogens with zero attached hydrogens (tertiary/aromatic N) is 1. The molecule has 0 aliphatic carbocycles. The minimum Gasteiger partial charge on any atom is -0.504 e. The van der Waals surface area contributed by atoms with Crippen molar-refractivity contribution in [3.05, 3.63) is 65.9 Å². The van der Waals surface area contributed by atoms with E-state index in [0.29, 0.717) is 18.7 Å². The molecule has 0 saturated carbocycles. The van der Waals surface area contributed by atoms with Crippen LogP contribution in [-0.2, 0) is 6.42 Å². The highest BCUT2D eigenvalue weighted by atomic mass is 32.1. The number of para-hydroxylation sites is 1. The van der Waals surface area contributed by atoms with Crippen LogP contribution >= 0.6 is 11.3 Å². The molecule has 2 aromatic carbocycles. The highest BCUT2D eigenvalue weighted by molar-refractivity contribution is 7.21. The largest absolute Gasteiger partial charge is 0.504 e. The molecule has 0 aliphatic heterocycles. The van der Waals surface area contributed by atoms with Gasteiger partial charge in [-0.3, -0.25) is 4.79 Å². The molecule has 6 nitrogen and oxygen atoms in total. The van der Waals surface area contributed by atoms with Gasteiger partial charge in [-0.2, -0.15) is 0 Å². The van der Waals surface area contributed by atoms with Crippen LogP contribution in [0.5, 0.6) is 11.5 Å². The van der Waals surface area contributed by atoms with Gasteiger partial charge in [0, 0.05) is 6.54 Å². The van der Waals surface area contributed by atoms with E-state index in [2.05, 4.69) is 10.3 Å². The van der Waals surface area contributed by atoms with Gasteiger partial charge in [0.05, 0.1) is 10.2 Å². The van der Waals surface area contributed by atoms with Crippen molar-refractivity contribution in [2.45, 2.75) is 6.42 Å². The lowest BCUT2D eigenvalue weighted by Crippen LogP contribution is -2.25. The van der Waals surface area contributed by atoms with Gasteiger partial charge in [-0.1, -0.05) is 18.2 Å². The predicted octanol–water partition coefficient (Wildman–Crippen LogP) is 3.94. The number of furan rings is 1. The van der Waals surface area contributed by atoms with Crippen LogP contribution in [0.4, 0.5) is 0 Å². The van der Waals surface area contributed by atoms with E-state index < -0.39 is 0 Å². The maximum atomic E-state index is 12.3. The Kier molecular flexibility index (Phi) is 4.52. The minimum atomic E-state index is -0.314. The highest BCUT2D eigenvalue weighted by Crippen LogP contribution is 2.31. The zero-order valence-corrected chi connectivity index (χ0v) is 15.0. The Labute approximate surface area is 158 Å². The molecule has 2 heterocycles. The number of carbonyl (C=O) groups excluding carboxylic acids is 1. The zero-order chi connectivity index (χ0) is 18.8. The van der Waals surface area contributed by atoms with Crippen molar-refractivity contribution in [1.82, 2.24) is 10.3 Å². The van der Waals surface area contributed by atoms with Crippen molar-refractivity contribution in [3.63, 3.8) is 0 Å². The molecular formula is C20H16N2O4S. The van der Waals surface area contributed by atoms with Crippen LogP contribution in [0.1, 0.15) is 16.1 Å². The fourth-order valence-electron chi connectivity index (χ4n) is 2.68. The smallest absolute Gasteiger partial charge is 0.287 e. The highest BCUT2D eigenvalue weighted by Gasteiger charge is 2.14. The average Bonchev–Trinajstić information content (AvgIpc) is 3.31. The molecule has 0 radical (unpaired) electrons. The Morgan fingerprint density at radius 2 is 1.93 bits per heavy atom. The predicted molar refractivity (Wildman–Crippen MR) is 103 cm³/mol. The van der Waals surface area contributed by atoms with E-state index in [1.54, 1.807) is 18.2 Å². The third-order valence-corrected chi connectivity index (χ3v) is 5.12. The van der Waals surface area contributed by atoms with Gasteiger partial charge in [0.1, 0.15) is 0 Å². The maximum absolute atomic E-state index is 12.3. The molecule has 1 amide bonds. The summed E-state index contributed by atoms with van der Waals surface area (Å²) in [6.45, 7) is 0.375. The first-order chi connectivity index (χ1) is 13.1. The van der Waals surface area contributed by atoms with Crippen molar-refractivity contribution in [3.8, 4) is 22.3 Å². The third-order valence-electron chi connectivity index (χ3n) is 4.07. The van der Waals surface area contributed by atoms with Crippen LogP contribution < -0.4 is 5.32 Å². The van der Waals surface area contributed by atoms with E-state index in [1.807, 2.05) is 24.3 Å². The molecule has 0 aliphatic rings. The summed E-state index contributed by atoms with van der Waals surface area (Å²) in [6.07, 6.45) is 0.519. The van der Waals surface area contributed by atoms with Crippen LogP contribution in [0.15, 0.2) is 59.0 Å². The maximum Gasteiger partial charge on any atom is 0.287 e. The number of aromatic hydroxyl groups is 2. The van der Waals surface area contributed by atoms with Gasteiger partial charge in [-0.05, 0) is 48.4 Å². The van der Waals surface area contributed by atoms with Crippen molar-refractivity contribution < 1.29 is 19.4 Å². The van der Waals surface area contributed by atoms with Gasteiger partial charge in [0.2, 0.25) is 0 Å². The molecule has 0 fully saturated rings. The van der Waals surface area contributed by atoms with Gasteiger partial charge in [-0.25, -0.2) is 4.98 Å². The number of benzene rings is 2. The van der Waals surface area contributed by atoms with E-state index >= 15 is 0 Å². The van der Waals surface area contributed by atoms with Gasteiger partial charge >= 0.3 is 0 Å². The summed E-state index contributed by atoms with van der Waals surface area (Å²) < 4.78 is 6.72. The first kappa shape index (κ1) is 17.1. The number of fused-ring (bicyclic) bond motifs is 1. The van der Waals surface area contributed by atoms with Crippen molar-refractivity contribution in [1.29, 1.82) is 0 Å².